The van der Waals surface area contributed by atoms with Gasteiger partial charge in [-0.05, 0) is 39.0 Å². The molecule has 7 nitrogen and oxygen atoms in total. The van der Waals surface area contributed by atoms with Crippen LogP contribution in [0.3, 0.4) is 0 Å². The predicted molar refractivity (Wildman–Crippen MR) is 95.5 cm³/mol. The average molecular weight is 396 g/mol. The monoisotopic (exact) mass is 396 g/mol. The first-order valence-electron chi connectivity index (χ1n) is 8.28. The number of halogens is 3. The Morgan fingerprint density at radius 1 is 1.32 bits per heavy atom. The van der Waals surface area contributed by atoms with E-state index in [9.17, 15) is 18.0 Å². The van der Waals surface area contributed by atoms with Gasteiger partial charge in [-0.3, -0.25) is 4.79 Å². The van der Waals surface area contributed by atoms with Crippen LogP contribution >= 0.6 is 0 Å². The lowest BCUT2D eigenvalue weighted by molar-refractivity contribution is -0.159. The van der Waals surface area contributed by atoms with Gasteiger partial charge in [0, 0.05) is 11.1 Å². The van der Waals surface area contributed by atoms with E-state index < -0.39 is 12.1 Å². The first-order chi connectivity index (χ1) is 13.2. The molecule has 1 heterocycles. The van der Waals surface area contributed by atoms with Crippen LogP contribution in [0.1, 0.15) is 37.0 Å². The summed E-state index contributed by atoms with van der Waals surface area (Å²) in [6.45, 7) is 5.94. The summed E-state index contributed by atoms with van der Waals surface area (Å²) in [4.78, 5) is 20.5. The number of hydrogen-bond donors (Lipinski definition) is 1. The first-order valence-corrected chi connectivity index (χ1v) is 8.28. The second kappa shape index (κ2) is 9.16. The third kappa shape index (κ3) is 6.22. The second-order valence-electron chi connectivity index (χ2n) is 6.09. The van der Waals surface area contributed by atoms with Gasteiger partial charge in [0.15, 0.2) is 0 Å². The van der Waals surface area contributed by atoms with Gasteiger partial charge in [-0.15, -0.1) is 0 Å². The Bertz CT molecular complexity index is 854. The van der Waals surface area contributed by atoms with Gasteiger partial charge in [0.05, 0.1) is 12.3 Å². The molecular formula is C18H19F3N4O3. The molecule has 0 saturated carbocycles. The molecule has 1 unspecified atom stereocenters. The largest absolute Gasteiger partial charge is 0.471 e. The number of amides is 1. The molecule has 0 bridgehead atoms. The summed E-state index contributed by atoms with van der Waals surface area (Å²) < 4.78 is 41.7. The molecule has 0 spiro atoms. The fourth-order valence-electron chi connectivity index (χ4n) is 1.94. The van der Waals surface area contributed by atoms with E-state index in [1.54, 1.807) is 6.92 Å². The van der Waals surface area contributed by atoms with Crippen molar-refractivity contribution in [3.8, 4) is 11.4 Å². The third-order valence-electron chi connectivity index (χ3n) is 3.36. The van der Waals surface area contributed by atoms with Crippen molar-refractivity contribution < 1.29 is 27.3 Å². The normalized spacial score (nSPS) is 12.6. The van der Waals surface area contributed by atoms with Crippen molar-refractivity contribution in [2.24, 2.45) is 5.16 Å². The molecule has 1 amide bonds. The summed E-state index contributed by atoms with van der Waals surface area (Å²) in [6, 6.07) is 5.38. The number of benzene rings is 1. The Morgan fingerprint density at radius 3 is 2.57 bits per heavy atom. The van der Waals surface area contributed by atoms with Crippen molar-refractivity contribution in [2.45, 2.75) is 33.0 Å². The molecule has 0 saturated heterocycles. The summed E-state index contributed by atoms with van der Waals surface area (Å²) in [7, 11) is 0. The van der Waals surface area contributed by atoms with Crippen LogP contribution < -0.4 is 5.32 Å². The summed E-state index contributed by atoms with van der Waals surface area (Å²) in [5, 5.41) is 9.75. The topological polar surface area (TPSA) is 89.6 Å². The van der Waals surface area contributed by atoms with Crippen molar-refractivity contribution in [1.82, 2.24) is 15.5 Å². The smallest absolute Gasteiger partial charge is 0.392 e. The molecular weight excluding hydrogens is 377 g/mol. The fourth-order valence-corrected chi connectivity index (χ4v) is 1.94. The van der Waals surface area contributed by atoms with E-state index in [2.05, 4.69) is 25.1 Å². The van der Waals surface area contributed by atoms with Crippen molar-refractivity contribution in [1.29, 1.82) is 0 Å². The van der Waals surface area contributed by atoms with Gasteiger partial charge < -0.3 is 14.7 Å². The molecule has 2 aromatic rings. The molecule has 0 fully saturated rings. The van der Waals surface area contributed by atoms with Crippen molar-refractivity contribution in [2.75, 3.05) is 6.61 Å². The summed E-state index contributed by atoms with van der Waals surface area (Å²) in [6.07, 6.45) is -1.40. The van der Waals surface area contributed by atoms with Crippen LogP contribution in [0.4, 0.5) is 13.2 Å². The number of nitrogens with one attached hydrogen (secondary N) is 1. The van der Waals surface area contributed by atoms with Gasteiger partial charge in [-0.25, -0.2) is 0 Å². The lowest BCUT2D eigenvalue weighted by atomic mass is 10.1. The highest BCUT2D eigenvalue weighted by Gasteiger charge is 2.38. The second-order valence-corrected chi connectivity index (χ2v) is 6.09. The molecule has 1 aromatic carbocycles. The number of aromatic nitrogens is 2. The van der Waals surface area contributed by atoms with Crippen molar-refractivity contribution >= 4 is 12.1 Å². The Morgan fingerprint density at radius 2 is 2.00 bits per heavy atom. The van der Waals surface area contributed by atoms with Crippen LogP contribution in [0, 0.1) is 0 Å². The average Bonchev–Trinajstić information content (AvgIpc) is 3.12. The van der Waals surface area contributed by atoms with E-state index in [4.69, 9.17) is 4.84 Å². The third-order valence-corrected chi connectivity index (χ3v) is 3.36. The Kier molecular flexibility index (Phi) is 6.91. The van der Waals surface area contributed by atoms with Gasteiger partial charge in [0.2, 0.25) is 5.82 Å². The molecule has 1 N–H and O–H groups in total. The Balaban J connectivity index is 1.93. The van der Waals surface area contributed by atoms with E-state index >= 15 is 0 Å². The standard InChI is InChI=1S/C18H19F3N4O3/c1-11(2)8-9-27-22-10-12(3)23-16(26)14-6-4-13(5-7-14)15-24-17(28-25-15)18(19,20)21/h4-8,10,12H,9H2,1-3H3,(H,23,26). The summed E-state index contributed by atoms with van der Waals surface area (Å²) in [5.74, 6) is -2.02. The minimum absolute atomic E-state index is 0.215. The highest BCUT2D eigenvalue weighted by molar-refractivity contribution is 5.96. The molecule has 10 heteroatoms. The molecule has 2 rings (SSSR count). The number of hydrogen-bond acceptors (Lipinski definition) is 6. The fraction of sp³-hybridized carbons (Fsp3) is 0.333. The van der Waals surface area contributed by atoms with Crippen LogP contribution in [-0.2, 0) is 11.0 Å². The van der Waals surface area contributed by atoms with Crippen LogP contribution in [0.5, 0.6) is 0 Å². The summed E-state index contributed by atoms with van der Waals surface area (Å²) in [5.41, 5.74) is 1.71. The molecule has 0 aliphatic heterocycles. The number of rotatable bonds is 7. The van der Waals surface area contributed by atoms with Crippen LogP contribution in [0.15, 0.2) is 45.6 Å². The molecule has 150 valence electrons. The zero-order chi connectivity index (χ0) is 20.7. The van der Waals surface area contributed by atoms with Gasteiger partial charge in [-0.1, -0.05) is 28.0 Å². The molecule has 0 aliphatic carbocycles. The Hall–Kier alpha value is -3.17. The highest BCUT2D eigenvalue weighted by Crippen LogP contribution is 2.29. The first kappa shape index (κ1) is 21.1. The molecule has 0 radical (unpaired) electrons. The van der Waals surface area contributed by atoms with Gasteiger partial charge in [-0.2, -0.15) is 18.2 Å². The maximum atomic E-state index is 12.5. The number of carbonyl (C=O) groups excluding carboxylic acids is 1. The SMILES string of the molecule is CC(C)=CCON=CC(C)NC(=O)c1ccc(-c2noc(C(F)(F)F)n2)cc1. The molecule has 28 heavy (non-hydrogen) atoms. The van der Waals surface area contributed by atoms with Gasteiger partial charge in [0.1, 0.15) is 6.61 Å². The zero-order valence-electron chi connectivity index (χ0n) is 15.4. The molecule has 0 aliphatic rings. The Labute approximate surface area is 159 Å². The predicted octanol–water partition coefficient (Wildman–Crippen LogP) is 3.84. The zero-order valence-corrected chi connectivity index (χ0v) is 15.4. The maximum absolute atomic E-state index is 12.5. The van der Waals surface area contributed by atoms with Gasteiger partial charge >= 0.3 is 12.1 Å². The number of alkyl halides is 3. The number of nitrogens with zero attached hydrogens (tertiary/aromatic N) is 3. The minimum Gasteiger partial charge on any atom is -0.392 e. The van der Waals surface area contributed by atoms with E-state index in [-0.39, 0.29) is 23.3 Å². The van der Waals surface area contributed by atoms with E-state index in [0.717, 1.165) is 5.57 Å². The highest BCUT2D eigenvalue weighted by atomic mass is 19.4. The number of allylic oxidation sites excluding steroid dienone is 1. The maximum Gasteiger partial charge on any atom is 0.471 e. The van der Waals surface area contributed by atoms with Crippen molar-refractivity contribution in [3.05, 3.63) is 47.4 Å². The number of carbonyl (C=O) groups is 1. The van der Waals surface area contributed by atoms with E-state index in [1.165, 1.54) is 30.5 Å². The minimum atomic E-state index is -4.71. The van der Waals surface area contributed by atoms with Crippen LogP contribution in [0.25, 0.3) is 11.4 Å². The summed E-state index contributed by atoms with van der Waals surface area (Å²) >= 11 is 0. The number of oxime groups is 1. The van der Waals surface area contributed by atoms with Crippen LogP contribution in [0.2, 0.25) is 0 Å². The van der Waals surface area contributed by atoms with Crippen molar-refractivity contribution in [3.63, 3.8) is 0 Å². The van der Waals surface area contributed by atoms with E-state index in [1.807, 2.05) is 19.9 Å². The lowest BCUT2D eigenvalue weighted by Gasteiger charge is -2.09. The van der Waals surface area contributed by atoms with Gasteiger partial charge in [0.25, 0.3) is 5.91 Å². The molecule has 1 atom stereocenters. The van der Waals surface area contributed by atoms with E-state index in [0.29, 0.717) is 12.2 Å². The quantitative estimate of drug-likeness (QED) is 0.332. The lowest BCUT2D eigenvalue weighted by Crippen LogP contribution is -2.33. The molecule has 1 aromatic heterocycles. The van der Waals surface area contributed by atoms with Crippen LogP contribution in [-0.4, -0.2) is 34.9 Å².